The van der Waals surface area contributed by atoms with Gasteiger partial charge in [0.1, 0.15) is 0 Å². The van der Waals surface area contributed by atoms with Crippen molar-refractivity contribution in [2.75, 3.05) is 19.6 Å². The minimum atomic E-state index is 0.885. The third-order valence-corrected chi connectivity index (χ3v) is 3.00. The minimum absolute atomic E-state index is 0.885. The van der Waals surface area contributed by atoms with Crippen molar-refractivity contribution in [2.45, 2.75) is 46.5 Å². The van der Waals surface area contributed by atoms with E-state index in [0.29, 0.717) is 0 Å². The van der Waals surface area contributed by atoms with Gasteiger partial charge in [0.05, 0.1) is 0 Å². The molecular weight excluding hydrogens is 158 g/mol. The molecule has 1 aliphatic rings. The Bertz CT molecular complexity index is 131. The second kappa shape index (κ2) is 5.64. The lowest BCUT2D eigenvalue weighted by Gasteiger charge is -2.16. The monoisotopic (exact) mass is 183 g/mol. The first-order valence-corrected chi connectivity index (χ1v) is 5.94. The third-order valence-electron chi connectivity index (χ3n) is 3.00. The van der Waals surface area contributed by atoms with Gasteiger partial charge in [-0.15, -0.1) is 0 Å². The average molecular weight is 183 g/mol. The van der Waals surface area contributed by atoms with E-state index in [2.05, 4.69) is 25.7 Å². The summed E-state index contributed by atoms with van der Waals surface area (Å²) >= 11 is 0. The maximum absolute atomic E-state index is 2.65. The maximum atomic E-state index is 2.65. The second-order valence-corrected chi connectivity index (χ2v) is 4.94. The molecule has 78 valence electrons. The molecule has 0 aromatic rings. The number of likely N-dealkylation sites (tertiary alicyclic amines) is 1. The molecule has 1 rings (SSSR count). The Morgan fingerprint density at radius 1 is 1.38 bits per heavy atom. The average Bonchev–Trinajstić information content (AvgIpc) is 2.48. The first-order valence-electron chi connectivity index (χ1n) is 5.94. The third kappa shape index (κ3) is 4.12. The molecule has 1 atom stereocenters. The summed E-state index contributed by atoms with van der Waals surface area (Å²) in [6, 6.07) is 0. The second-order valence-electron chi connectivity index (χ2n) is 4.94. The van der Waals surface area contributed by atoms with Crippen LogP contribution in [0.15, 0.2) is 0 Å². The predicted molar refractivity (Wildman–Crippen MR) is 58.9 cm³/mol. The Balaban J connectivity index is 2.12. The fourth-order valence-electron chi connectivity index (χ4n) is 2.36. The van der Waals surface area contributed by atoms with Crippen LogP contribution >= 0.6 is 0 Å². The van der Waals surface area contributed by atoms with Crippen LogP contribution in [0.2, 0.25) is 0 Å². The van der Waals surface area contributed by atoms with Crippen molar-refractivity contribution in [3.63, 3.8) is 0 Å². The number of unbranched alkanes of at least 4 members (excludes halogenated alkanes) is 1. The van der Waals surface area contributed by atoms with E-state index in [9.17, 15) is 0 Å². The van der Waals surface area contributed by atoms with Crippen molar-refractivity contribution >= 4 is 0 Å². The molecule has 0 aromatic carbocycles. The van der Waals surface area contributed by atoms with Crippen molar-refractivity contribution in [1.82, 2.24) is 4.90 Å². The van der Waals surface area contributed by atoms with Gasteiger partial charge in [-0.3, -0.25) is 0 Å². The summed E-state index contributed by atoms with van der Waals surface area (Å²) in [5.41, 5.74) is 0. The van der Waals surface area contributed by atoms with E-state index in [-0.39, 0.29) is 0 Å². The van der Waals surface area contributed by atoms with Crippen molar-refractivity contribution in [1.29, 1.82) is 0 Å². The Kier molecular flexibility index (Phi) is 4.79. The van der Waals surface area contributed by atoms with Crippen molar-refractivity contribution in [2.24, 2.45) is 11.8 Å². The van der Waals surface area contributed by atoms with Crippen LogP contribution in [-0.2, 0) is 0 Å². The molecule has 1 fully saturated rings. The lowest BCUT2D eigenvalue weighted by Crippen LogP contribution is -2.22. The van der Waals surface area contributed by atoms with E-state index in [4.69, 9.17) is 0 Å². The van der Waals surface area contributed by atoms with Gasteiger partial charge in [0.2, 0.25) is 0 Å². The summed E-state index contributed by atoms with van der Waals surface area (Å²) < 4.78 is 0. The summed E-state index contributed by atoms with van der Waals surface area (Å²) in [5.74, 6) is 1.88. The molecule has 1 unspecified atom stereocenters. The van der Waals surface area contributed by atoms with Crippen molar-refractivity contribution in [3.8, 4) is 0 Å². The van der Waals surface area contributed by atoms with Crippen LogP contribution in [0.1, 0.15) is 46.5 Å². The Hall–Kier alpha value is -0.0400. The number of hydrogen-bond donors (Lipinski definition) is 0. The zero-order valence-electron chi connectivity index (χ0n) is 9.55. The van der Waals surface area contributed by atoms with Crippen LogP contribution < -0.4 is 0 Å². The molecule has 0 radical (unpaired) electrons. The van der Waals surface area contributed by atoms with Crippen LogP contribution in [0.4, 0.5) is 0 Å². The minimum Gasteiger partial charge on any atom is -0.303 e. The van der Waals surface area contributed by atoms with Crippen LogP contribution in [0, 0.1) is 11.8 Å². The SMILES string of the molecule is CCCCN1CCC(CC(C)C)C1. The van der Waals surface area contributed by atoms with Crippen molar-refractivity contribution < 1.29 is 0 Å². The lowest BCUT2D eigenvalue weighted by molar-refractivity contribution is 0.307. The maximum Gasteiger partial charge on any atom is 0.00102 e. The molecule has 0 spiro atoms. The highest BCUT2D eigenvalue weighted by Gasteiger charge is 2.21. The summed E-state index contributed by atoms with van der Waals surface area (Å²) in [7, 11) is 0. The van der Waals surface area contributed by atoms with Gasteiger partial charge in [-0.1, -0.05) is 27.2 Å². The number of rotatable bonds is 5. The van der Waals surface area contributed by atoms with Gasteiger partial charge in [0.15, 0.2) is 0 Å². The largest absolute Gasteiger partial charge is 0.303 e. The highest BCUT2D eigenvalue weighted by Crippen LogP contribution is 2.23. The molecule has 0 amide bonds. The van der Waals surface area contributed by atoms with Crippen LogP contribution in [0.25, 0.3) is 0 Å². The Labute approximate surface area is 83.5 Å². The first-order chi connectivity index (χ1) is 6.22. The van der Waals surface area contributed by atoms with Crippen LogP contribution in [-0.4, -0.2) is 24.5 Å². The van der Waals surface area contributed by atoms with Gasteiger partial charge >= 0.3 is 0 Å². The zero-order chi connectivity index (χ0) is 9.68. The molecular formula is C12H25N. The van der Waals surface area contributed by atoms with Gasteiger partial charge in [-0.2, -0.15) is 0 Å². The molecule has 1 nitrogen and oxygen atoms in total. The fraction of sp³-hybridized carbons (Fsp3) is 1.00. The van der Waals surface area contributed by atoms with E-state index < -0.39 is 0 Å². The zero-order valence-corrected chi connectivity index (χ0v) is 9.55. The normalized spacial score (nSPS) is 24.5. The molecule has 1 saturated heterocycles. The highest BCUT2D eigenvalue weighted by molar-refractivity contribution is 4.75. The molecule has 0 bridgehead atoms. The summed E-state index contributed by atoms with van der Waals surface area (Å²) in [5, 5.41) is 0. The molecule has 0 aliphatic carbocycles. The van der Waals surface area contributed by atoms with E-state index in [1.807, 2.05) is 0 Å². The van der Waals surface area contributed by atoms with Crippen molar-refractivity contribution in [3.05, 3.63) is 0 Å². The Morgan fingerprint density at radius 2 is 2.15 bits per heavy atom. The van der Waals surface area contributed by atoms with Gasteiger partial charge in [-0.05, 0) is 44.2 Å². The fourth-order valence-corrected chi connectivity index (χ4v) is 2.36. The topological polar surface area (TPSA) is 3.24 Å². The quantitative estimate of drug-likeness (QED) is 0.633. The number of nitrogens with zero attached hydrogens (tertiary/aromatic N) is 1. The van der Waals surface area contributed by atoms with Gasteiger partial charge in [-0.25, -0.2) is 0 Å². The van der Waals surface area contributed by atoms with Crippen LogP contribution in [0.5, 0.6) is 0 Å². The highest BCUT2D eigenvalue weighted by atomic mass is 15.1. The van der Waals surface area contributed by atoms with E-state index in [0.717, 1.165) is 11.8 Å². The Morgan fingerprint density at radius 3 is 2.77 bits per heavy atom. The molecule has 0 saturated carbocycles. The molecule has 1 heterocycles. The van der Waals surface area contributed by atoms with Gasteiger partial charge in [0.25, 0.3) is 0 Å². The smallest absolute Gasteiger partial charge is 0.00102 e. The summed E-state index contributed by atoms with van der Waals surface area (Å²) in [4.78, 5) is 2.65. The van der Waals surface area contributed by atoms with Gasteiger partial charge in [0, 0.05) is 6.54 Å². The molecule has 1 heteroatoms. The molecule has 1 aliphatic heterocycles. The molecule has 13 heavy (non-hydrogen) atoms. The van der Waals surface area contributed by atoms with E-state index in [1.54, 1.807) is 0 Å². The standard InChI is InChI=1S/C12H25N/c1-4-5-7-13-8-6-12(10-13)9-11(2)3/h11-12H,4-10H2,1-3H3. The predicted octanol–water partition coefficient (Wildman–Crippen LogP) is 3.15. The lowest BCUT2D eigenvalue weighted by atomic mass is 9.97. The van der Waals surface area contributed by atoms with E-state index in [1.165, 1.54) is 45.3 Å². The summed E-state index contributed by atoms with van der Waals surface area (Å²) in [6.45, 7) is 11.0. The molecule has 0 aromatic heterocycles. The van der Waals surface area contributed by atoms with Crippen LogP contribution in [0.3, 0.4) is 0 Å². The molecule has 0 N–H and O–H groups in total. The number of hydrogen-bond acceptors (Lipinski definition) is 1. The summed E-state index contributed by atoms with van der Waals surface area (Å²) in [6.07, 6.45) is 5.60. The first kappa shape index (κ1) is 11.0. The van der Waals surface area contributed by atoms with Gasteiger partial charge < -0.3 is 4.90 Å². The van der Waals surface area contributed by atoms with E-state index >= 15 is 0 Å².